The van der Waals surface area contributed by atoms with E-state index in [0.717, 1.165) is 13.0 Å². The lowest BCUT2D eigenvalue weighted by Gasteiger charge is -2.39. The lowest BCUT2D eigenvalue weighted by atomic mass is 9.79. The van der Waals surface area contributed by atoms with Gasteiger partial charge in [0.15, 0.2) is 0 Å². The van der Waals surface area contributed by atoms with E-state index < -0.39 is 0 Å². The molecule has 0 radical (unpaired) electrons. The summed E-state index contributed by atoms with van der Waals surface area (Å²) in [6.45, 7) is 0.951. The summed E-state index contributed by atoms with van der Waals surface area (Å²) in [5.41, 5.74) is 0. The fourth-order valence-corrected chi connectivity index (χ4v) is 2.55. The molecule has 2 saturated heterocycles. The van der Waals surface area contributed by atoms with Crippen LogP contribution in [0.4, 0.5) is 0 Å². The first-order valence-electron chi connectivity index (χ1n) is 4.56. The molecular formula is C9H10N2O2. The molecule has 0 spiro atoms. The van der Waals surface area contributed by atoms with Crippen molar-refractivity contribution in [2.45, 2.75) is 18.5 Å². The molecule has 0 aromatic rings. The van der Waals surface area contributed by atoms with E-state index in [4.69, 9.17) is 0 Å². The van der Waals surface area contributed by atoms with Gasteiger partial charge in [0.1, 0.15) is 0 Å². The minimum Gasteiger partial charge on any atom is -0.312 e. The van der Waals surface area contributed by atoms with Crippen LogP contribution in [0.5, 0.6) is 0 Å². The van der Waals surface area contributed by atoms with Gasteiger partial charge < -0.3 is 5.32 Å². The summed E-state index contributed by atoms with van der Waals surface area (Å²) in [6.07, 6.45) is 3.84. The number of hydrogen-bond acceptors (Lipinski definition) is 3. The van der Waals surface area contributed by atoms with E-state index >= 15 is 0 Å². The van der Waals surface area contributed by atoms with Crippen molar-refractivity contribution in [3.63, 3.8) is 0 Å². The highest BCUT2D eigenvalue weighted by Gasteiger charge is 2.52. The Morgan fingerprint density at radius 1 is 1.31 bits per heavy atom. The molecule has 3 aliphatic heterocycles. The number of amides is 2. The molecule has 4 heteroatoms. The third kappa shape index (κ3) is 0.785. The second-order valence-corrected chi connectivity index (χ2v) is 3.88. The van der Waals surface area contributed by atoms with Gasteiger partial charge in [-0.15, -0.1) is 0 Å². The van der Waals surface area contributed by atoms with Crippen LogP contribution in [0.25, 0.3) is 0 Å². The van der Waals surface area contributed by atoms with Crippen LogP contribution in [0, 0.1) is 5.92 Å². The summed E-state index contributed by atoms with van der Waals surface area (Å²) in [6, 6.07) is 0.493. The molecule has 3 unspecified atom stereocenters. The summed E-state index contributed by atoms with van der Waals surface area (Å²) >= 11 is 0. The number of imide groups is 1. The van der Waals surface area contributed by atoms with Crippen LogP contribution in [0.15, 0.2) is 12.2 Å². The molecule has 2 bridgehead atoms. The Labute approximate surface area is 75.6 Å². The highest BCUT2D eigenvalue weighted by Crippen LogP contribution is 2.38. The average Bonchev–Trinajstić information content (AvgIpc) is 2.73. The SMILES string of the molecule is O=C1C=CC(=O)N1C1C2CNC1C2. The monoisotopic (exact) mass is 178 g/mol. The number of fused-ring (bicyclic) bond motifs is 1. The first-order valence-corrected chi connectivity index (χ1v) is 4.56. The van der Waals surface area contributed by atoms with Gasteiger partial charge in [0, 0.05) is 24.7 Å². The highest BCUT2D eigenvalue weighted by atomic mass is 16.2. The van der Waals surface area contributed by atoms with E-state index in [0.29, 0.717) is 12.0 Å². The van der Waals surface area contributed by atoms with Crippen LogP contribution in [-0.2, 0) is 9.59 Å². The van der Waals surface area contributed by atoms with Crippen LogP contribution in [0.1, 0.15) is 6.42 Å². The highest BCUT2D eigenvalue weighted by molar-refractivity contribution is 6.13. The number of rotatable bonds is 1. The summed E-state index contributed by atoms with van der Waals surface area (Å²) in [7, 11) is 0. The number of hydrogen-bond donors (Lipinski definition) is 1. The molecule has 1 aliphatic carbocycles. The Hall–Kier alpha value is -1.16. The lowest BCUT2D eigenvalue weighted by Crippen LogP contribution is -2.56. The largest absolute Gasteiger partial charge is 0.312 e. The molecule has 3 atom stereocenters. The zero-order valence-electron chi connectivity index (χ0n) is 7.06. The van der Waals surface area contributed by atoms with Gasteiger partial charge in [0.2, 0.25) is 0 Å². The zero-order valence-corrected chi connectivity index (χ0v) is 7.06. The van der Waals surface area contributed by atoms with Gasteiger partial charge >= 0.3 is 0 Å². The molecule has 0 aromatic carbocycles. The molecule has 4 nitrogen and oxygen atoms in total. The predicted octanol–water partition coefficient (Wildman–Crippen LogP) is -0.728. The maximum absolute atomic E-state index is 11.3. The molecule has 1 saturated carbocycles. The van der Waals surface area contributed by atoms with Crippen LogP contribution >= 0.6 is 0 Å². The molecular weight excluding hydrogens is 168 g/mol. The van der Waals surface area contributed by atoms with Crippen LogP contribution in [0.2, 0.25) is 0 Å². The normalized spacial score (nSPS) is 41.5. The van der Waals surface area contributed by atoms with Gasteiger partial charge in [0.25, 0.3) is 11.8 Å². The molecule has 0 aromatic heterocycles. The minimum absolute atomic E-state index is 0.134. The molecule has 68 valence electrons. The number of nitrogens with zero attached hydrogens (tertiary/aromatic N) is 1. The Kier molecular flexibility index (Phi) is 1.23. The van der Waals surface area contributed by atoms with Crippen molar-refractivity contribution in [1.29, 1.82) is 0 Å². The first-order chi connectivity index (χ1) is 6.27. The summed E-state index contributed by atoms with van der Waals surface area (Å²) in [5, 5.41) is 3.29. The predicted molar refractivity (Wildman–Crippen MR) is 44.7 cm³/mol. The summed E-state index contributed by atoms with van der Waals surface area (Å²) in [4.78, 5) is 24.1. The Morgan fingerprint density at radius 3 is 2.46 bits per heavy atom. The molecule has 2 amide bonds. The first kappa shape index (κ1) is 7.26. The third-order valence-corrected chi connectivity index (χ3v) is 3.24. The zero-order chi connectivity index (χ0) is 9.00. The Bertz CT molecular complexity index is 292. The minimum atomic E-state index is -0.145. The summed E-state index contributed by atoms with van der Waals surface area (Å²) in [5.74, 6) is 0.208. The van der Waals surface area contributed by atoms with Gasteiger partial charge in [-0.25, -0.2) is 0 Å². The molecule has 3 heterocycles. The van der Waals surface area contributed by atoms with Gasteiger partial charge in [-0.3, -0.25) is 14.5 Å². The van der Waals surface area contributed by atoms with Crippen LogP contribution < -0.4 is 5.32 Å². The van der Waals surface area contributed by atoms with Crippen LogP contribution in [0.3, 0.4) is 0 Å². The topological polar surface area (TPSA) is 49.4 Å². The molecule has 4 rings (SSSR count). The van der Waals surface area contributed by atoms with Gasteiger partial charge in [-0.2, -0.15) is 0 Å². The van der Waals surface area contributed by atoms with Crippen molar-refractivity contribution in [1.82, 2.24) is 10.2 Å². The van der Waals surface area contributed by atoms with Crippen molar-refractivity contribution in [2.75, 3.05) is 6.54 Å². The average molecular weight is 178 g/mol. The van der Waals surface area contributed by atoms with Gasteiger partial charge in [0.05, 0.1) is 6.04 Å². The smallest absolute Gasteiger partial charge is 0.253 e. The Balaban J connectivity index is 1.86. The summed E-state index contributed by atoms with van der Waals surface area (Å²) < 4.78 is 0. The van der Waals surface area contributed by atoms with E-state index in [1.165, 1.54) is 17.1 Å². The van der Waals surface area contributed by atoms with Crippen molar-refractivity contribution >= 4 is 11.8 Å². The molecule has 13 heavy (non-hydrogen) atoms. The molecule has 3 fully saturated rings. The lowest BCUT2D eigenvalue weighted by molar-refractivity contribution is -0.142. The number of carbonyl (C=O) groups excluding carboxylic acids is 2. The fourth-order valence-electron chi connectivity index (χ4n) is 2.55. The second-order valence-electron chi connectivity index (χ2n) is 3.88. The van der Waals surface area contributed by atoms with E-state index in [2.05, 4.69) is 5.32 Å². The van der Waals surface area contributed by atoms with E-state index in [1.54, 1.807) is 0 Å². The van der Waals surface area contributed by atoms with E-state index in [-0.39, 0.29) is 17.9 Å². The standard InChI is InChI=1S/C9H10N2O2/c12-7-1-2-8(13)11(7)9-5-3-6(9)10-4-5/h1-2,5-6,9-10H,3-4H2. The third-order valence-electron chi connectivity index (χ3n) is 3.24. The number of carbonyl (C=O) groups is 2. The van der Waals surface area contributed by atoms with Gasteiger partial charge in [-0.1, -0.05) is 0 Å². The van der Waals surface area contributed by atoms with E-state index in [1.807, 2.05) is 0 Å². The Morgan fingerprint density at radius 2 is 2.00 bits per heavy atom. The molecule has 1 N–H and O–H groups in total. The maximum atomic E-state index is 11.3. The van der Waals surface area contributed by atoms with Crippen molar-refractivity contribution in [3.8, 4) is 0 Å². The van der Waals surface area contributed by atoms with Crippen LogP contribution in [-0.4, -0.2) is 35.3 Å². The fraction of sp³-hybridized carbons (Fsp3) is 0.556. The van der Waals surface area contributed by atoms with Crippen molar-refractivity contribution < 1.29 is 9.59 Å². The van der Waals surface area contributed by atoms with Crippen molar-refractivity contribution in [2.24, 2.45) is 5.92 Å². The van der Waals surface area contributed by atoms with Crippen molar-refractivity contribution in [3.05, 3.63) is 12.2 Å². The van der Waals surface area contributed by atoms with E-state index in [9.17, 15) is 9.59 Å². The maximum Gasteiger partial charge on any atom is 0.253 e. The second kappa shape index (κ2) is 2.20. The van der Waals surface area contributed by atoms with Gasteiger partial charge in [-0.05, 0) is 12.3 Å². The molecule has 4 aliphatic rings. The number of nitrogens with one attached hydrogen (secondary N) is 1. The quantitative estimate of drug-likeness (QED) is 0.539.